The van der Waals surface area contributed by atoms with Gasteiger partial charge in [-0.25, -0.2) is 0 Å². The van der Waals surface area contributed by atoms with Crippen LogP contribution < -0.4 is 15.5 Å². The smallest absolute Gasteiger partial charge is 0.239 e. The molecule has 1 amide bonds. The number of amides is 1. The lowest BCUT2D eigenvalue weighted by Gasteiger charge is -2.22. The summed E-state index contributed by atoms with van der Waals surface area (Å²) in [5, 5.41) is 7.13. The van der Waals surface area contributed by atoms with Gasteiger partial charge in [0.25, 0.3) is 0 Å². The van der Waals surface area contributed by atoms with Gasteiger partial charge in [0.15, 0.2) is 0 Å². The normalized spacial score (nSPS) is 14.0. The molecule has 0 radical (unpaired) electrons. The third-order valence-electron chi connectivity index (χ3n) is 3.56. The molecule has 1 aromatic carbocycles. The molecule has 1 aliphatic carbocycles. The molecule has 0 heterocycles. The van der Waals surface area contributed by atoms with Crippen LogP contribution in [-0.4, -0.2) is 32.1 Å². The number of benzene rings is 1. The third kappa shape index (κ3) is 5.21. The Bertz CT molecular complexity index is 488. The van der Waals surface area contributed by atoms with E-state index < -0.39 is 0 Å². The minimum absolute atomic E-state index is 0.0513. The number of likely N-dealkylation sites (N-methyl/N-ethyl adjacent to an activating group) is 1. The lowest BCUT2D eigenvalue weighted by atomic mass is 10.1. The predicted octanol–water partition coefficient (Wildman–Crippen LogP) is 2.55. The van der Waals surface area contributed by atoms with Gasteiger partial charge >= 0.3 is 0 Å². The van der Waals surface area contributed by atoms with E-state index in [2.05, 4.69) is 10.6 Å². The second-order valence-corrected chi connectivity index (χ2v) is 6.07. The number of anilines is 1. The van der Waals surface area contributed by atoms with Crippen molar-refractivity contribution in [2.45, 2.75) is 38.8 Å². The van der Waals surface area contributed by atoms with E-state index in [1.807, 2.05) is 37.1 Å². The van der Waals surface area contributed by atoms with E-state index in [4.69, 9.17) is 11.6 Å². The average Bonchev–Trinajstić information content (AvgIpc) is 3.27. The number of nitrogens with zero attached hydrogens (tertiary/aromatic N) is 1. The second kappa shape index (κ2) is 7.66. The highest BCUT2D eigenvalue weighted by atomic mass is 35.5. The molecular weight excluding hydrogens is 286 g/mol. The molecule has 1 aliphatic rings. The van der Waals surface area contributed by atoms with E-state index in [0.29, 0.717) is 12.6 Å². The summed E-state index contributed by atoms with van der Waals surface area (Å²) in [6, 6.07) is 6.49. The Hall–Kier alpha value is -1.26. The maximum Gasteiger partial charge on any atom is 0.239 e. The summed E-state index contributed by atoms with van der Waals surface area (Å²) in [6.07, 6.45) is 3.46. The minimum atomic E-state index is 0.0513. The van der Waals surface area contributed by atoms with Crippen molar-refractivity contribution in [1.29, 1.82) is 0 Å². The van der Waals surface area contributed by atoms with Gasteiger partial charge in [-0.1, -0.05) is 18.5 Å². The zero-order valence-electron chi connectivity index (χ0n) is 12.8. The van der Waals surface area contributed by atoms with Crippen LogP contribution in [0.5, 0.6) is 0 Å². The van der Waals surface area contributed by atoms with E-state index in [9.17, 15) is 4.79 Å². The molecule has 116 valence electrons. The summed E-state index contributed by atoms with van der Waals surface area (Å²) in [5.74, 6) is 0.0513. The van der Waals surface area contributed by atoms with Crippen LogP contribution in [-0.2, 0) is 11.3 Å². The van der Waals surface area contributed by atoms with Crippen LogP contribution in [0.4, 0.5) is 5.69 Å². The van der Waals surface area contributed by atoms with Crippen molar-refractivity contribution in [2.75, 3.05) is 25.0 Å². The molecule has 1 aromatic rings. The van der Waals surface area contributed by atoms with Crippen molar-refractivity contribution in [3.8, 4) is 0 Å². The molecule has 0 atom stereocenters. The fourth-order valence-corrected chi connectivity index (χ4v) is 2.43. The molecule has 21 heavy (non-hydrogen) atoms. The van der Waals surface area contributed by atoms with E-state index in [1.165, 1.54) is 12.8 Å². The molecule has 2 rings (SSSR count). The van der Waals surface area contributed by atoms with E-state index >= 15 is 0 Å². The van der Waals surface area contributed by atoms with Crippen LogP contribution in [0.2, 0.25) is 5.02 Å². The maximum absolute atomic E-state index is 11.8. The van der Waals surface area contributed by atoms with E-state index in [0.717, 1.165) is 35.8 Å². The molecule has 0 spiro atoms. The van der Waals surface area contributed by atoms with Crippen molar-refractivity contribution in [3.05, 3.63) is 28.8 Å². The van der Waals surface area contributed by atoms with Crippen LogP contribution in [0.25, 0.3) is 0 Å². The first-order valence-corrected chi connectivity index (χ1v) is 7.97. The Morgan fingerprint density at radius 1 is 1.43 bits per heavy atom. The van der Waals surface area contributed by atoms with E-state index in [-0.39, 0.29) is 5.91 Å². The van der Waals surface area contributed by atoms with Gasteiger partial charge in [0.1, 0.15) is 0 Å². The summed E-state index contributed by atoms with van der Waals surface area (Å²) >= 11 is 6.10. The average molecular weight is 310 g/mol. The first-order chi connectivity index (χ1) is 10.1. The van der Waals surface area contributed by atoms with Crippen LogP contribution in [0.1, 0.15) is 31.7 Å². The number of halogens is 1. The Morgan fingerprint density at radius 2 is 2.19 bits per heavy atom. The summed E-state index contributed by atoms with van der Waals surface area (Å²) in [7, 11) is 1.94. The summed E-state index contributed by atoms with van der Waals surface area (Å²) < 4.78 is 0. The number of hydrogen-bond acceptors (Lipinski definition) is 3. The molecule has 4 nitrogen and oxygen atoms in total. The molecule has 0 unspecified atom stereocenters. The largest absolute Gasteiger partial charge is 0.365 e. The molecule has 5 heteroatoms. The standard InChI is InChI=1S/C16H24ClN3O/c1-3-8-18-16(21)11-20(2)15-7-4-13(17)9-12(15)10-19-14-5-6-14/h4,7,9,14,19H,3,5-6,8,10-11H2,1-2H3,(H,18,21). The molecule has 0 bridgehead atoms. The lowest BCUT2D eigenvalue weighted by molar-refractivity contribution is -0.119. The van der Waals surface area contributed by atoms with Gasteiger partial charge in [-0.2, -0.15) is 0 Å². The van der Waals surface area contributed by atoms with Gasteiger partial charge in [0.05, 0.1) is 6.54 Å². The van der Waals surface area contributed by atoms with E-state index in [1.54, 1.807) is 0 Å². The quantitative estimate of drug-likeness (QED) is 0.775. The van der Waals surface area contributed by atoms with Crippen molar-refractivity contribution < 1.29 is 4.79 Å². The Kier molecular flexibility index (Phi) is 5.88. The van der Waals surface area contributed by atoms with Crippen molar-refractivity contribution in [1.82, 2.24) is 10.6 Å². The molecule has 0 aliphatic heterocycles. The monoisotopic (exact) mass is 309 g/mol. The number of carbonyl (C=O) groups excluding carboxylic acids is 1. The van der Waals surface area contributed by atoms with Crippen LogP contribution in [0, 0.1) is 0 Å². The number of nitrogens with one attached hydrogen (secondary N) is 2. The fourth-order valence-electron chi connectivity index (χ4n) is 2.23. The van der Waals surface area contributed by atoms with Gasteiger partial charge in [0.2, 0.25) is 5.91 Å². The van der Waals surface area contributed by atoms with Crippen molar-refractivity contribution in [2.24, 2.45) is 0 Å². The van der Waals surface area contributed by atoms with Gasteiger partial charge in [-0.15, -0.1) is 0 Å². The van der Waals surface area contributed by atoms with Gasteiger partial charge in [-0.3, -0.25) is 4.79 Å². The summed E-state index contributed by atoms with van der Waals surface area (Å²) in [4.78, 5) is 13.8. The predicted molar refractivity (Wildman–Crippen MR) is 87.9 cm³/mol. The molecule has 1 fully saturated rings. The van der Waals surface area contributed by atoms with Crippen LogP contribution >= 0.6 is 11.6 Å². The Morgan fingerprint density at radius 3 is 2.86 bits per heavy atom. The number of carbonyl (C=O) groups is 1. The Balaban J connectivity index is 2.00. The first kappa shape index (κ1) is 16.1. The molecule has 0 aromatic heterocycles. The topological polar surface area (TPSA) is 44.4 Å². The van der Waals surface area contributed by atoms with Crippen molar-refractivity contribution >= 4 is 23.2 Å². The molecule has 2 N–H and O–H groups in total. The SMILES string of the molecule is CCCNC(=O)CN(C)c1ccc(Cl)cc1CNC1CC1. The molecule has 0 saturated heterocycles. The highest BCUT2D eigenvalue weighted by Gasteiger charge is 2.21. The highest BCUT2D eigenvalue weighted by Crippen LogP contribution is 2.25. The Labute approximate surface area is 131 Å². The number of rotatable bonds is 8. The van der Waals surface area contributed by atoms with Gasteiger partial charge < -0.3 is 15.5 Å². The minimum Gasteiger partial charge on any atom is -0.365 e. The lowest BCUT2D eigenvalue weighted by Crippen LogP contribution is -2.36. The third-order valence-corrected chi connectivity index (χ3v) is 3.80. The second-order valence-electron chi connectivity index (χ2n) is 5.63. The zero-order chi connectivity index (χ0) is 15.2. The van der Waals surface area contributed by atoms with Crippen LogP contribution in [0.15, 0.2) is 18.2 Å². The highest BCUT2D eigenvalue weighted by molar-refractivity contribution is 6.30. The summed E-state index contributed by atoms with van der Waals surface area (Å²) in [6.45, 7) is 3.92. The fraction of sp³-hybridized carbons (Fsp3) is 0.562. The number of hydrogen-bond donors (Lipinski definition) is 2. The molecule has 1 saturated carbocycles. The zero-order valence-corrected chi connectivity index (χ0v) is 13.5. The van der Waals surface area contributed by atoms with Gasteiger partial charge in [-0.05, 0) is 43.0 Å². The van der Waals surface area contributed by atoms with Gasteiger partial charge in [0, 0.05) is 36.9 Å². The maximum atomic E-state index is 11.8. The van der Waals surface area contributed by atoms with Crippen LogP contribution in [0.3, 0.4) is 0 Å². The summed E-state index contributed by atoms with van der Waals surface area (Å²) in [5.41, 5.74) is 2.19. The van der Waals surface area contributed by atoms with Crippen molar-refractivity contribution in [3.63, 3.8) is 0 Å². The first-order valence-electron chi connectivity index (χ1n) is 7.59. The molecular formula is C16H24ClN3O.